The second kappa shape index (κ2) is 6.00. The molecule has 2 aromatic rings. The number of hydrogen-bond donors (Lipinski definition) is 2. The van der Waals surface area contributed by atoms with Crippen LogP contribution >= 0.6 is 0 Å². The predicted molar refractivity (Wildman–Crippen MR) is 85.9 cm³/mol. The molecule has 2 heteroatoms. The Kier molecular flexibility index (Phi) is 4.09. The van der Waals surface area contributed by atoms with Crippen molar-refractivity contribution in [2.75, 3.05) is 0 Å². The highest BCUT2D eigenvalue weighted by Crippen LogP contribution is 2.38. The summed E-state index contributed by atoms with van der Waals surface area (Å²) in [6.45, 7) is 0. The molecule has 0 saturated heterocycles. The third-order valence-electron chi connectivity index (χ3n) is 4.46. The topological polar surface area (TPSA) is 46.2 Å². The van der Waals surface area contributed by atoms with Gasteiger partial charge in [-0.15, -0.1) is 0 Å². The zero-order valence-electron chi connectivity index (χ0n) is 12.3. The van der Waals surface area contributed by atoms with Gasteiger partial charge in [-0.25, -0.2) is 0 Å². The Labute approximate surface area is 126 Å². The van der Waals surface area contributed by atoms with Gasteiger partial charge in [0.15, 0.2) is 0 Å². The van der Waals surface area contributed by atoms with Gasteiger partial charge in [-0.1, -0.05) is 60.7 Å². The minimum absolute atomic E-state index is 0.155. The fraction of sp³-hybridized carbons (Fsp3) is 0.368. The largest absolute Gasteiger partial charge is 0.388 e. The zero-order chi connectivity index (χ0) is 14.7. The lowest BCUT2D eigenvalue weighted by atomic mass is 9.80. The molecule has 0 heterocycles. The minimum Gasteiger partial charge on any atom is -0.388 e. The van der Waals surface area contributed by atoms with E-state index in [0.717, 1.165) is 24.0 Å². The van der Waals surface area contributed by atoms with Crippen LogP contribution in [0.15, 0.2) is 60.7 Å². The van der Waals surface area contributed by atoms with E-state index in [1.54, 1.807) is 0 Å². The Morgan fingerprint density at radius 2 is 1.33 bits per heavy atom. The summed E-state index contributed by atoms with van der Waals surface area (Å²) in [4.78, 5) is 0. The third-order valence-corrected chi connectivity index (χ3v) is 4.46. The van der Waals surface area contributed by atoms with E-state index in [1.807, 2.05) is 36.4 Å². The van der Waals surface area contributed by atoms with Crippen LogP contribution < -0.4 is 5.73 Å². The quantitative estimate of drug-likeness (QED) is 0.855. The van der Waals surface area contributed by atoms with E-state index >= 15 is 0 Å². The molecular formula is C19H23NO. The molecule has 0 radical (unpaired) electrons. The van der Waals surface area contributed by atoms with Gasteiger partial charge in [-0.05, 0) is 29.9 Å². The van der Waals surface area contributed by atoms with Crippen molar-refractivity contribution in [1.29, 1.82) is 0 Å². The summed E-state index contributed by atoms with van der Waals surface area (Å²) in [5.41, 5.74) is 7.82. The Bertz CT molecular complexity index is 521. The van der Waals surface area contributed by atoms with Crippen molar-refractivity contribution in [3.8, 4) is 0 Å². The molecule has 1 saturated carbocycles. The molecule has 1 aliphatic carbocycles. The molecule has 110 valence electrons. The van der Waals surface area contributed by atoms with Crippen LogP contribution in [0.4, 0.5) is 0 Å². The maximum atomic E-state index is 11.3. The lowest BCUT2D eigenvalue weighted by molar-refractivity contribution is 0.00757. The zero-order valence-corrected chi connectivity index (χ0v) is 12.3. The fourth-order valence-electron chi connectivity index (χ4n) is 3.09. The Hall–Kier alpha value is -1.64. The number of hydrogen-bond acceptors (Lipinski definition) is 2. The molecule has 1 atom stereocenters. The van der Waals surface area contributed by atoms with Crippen LogP contribution in [0.1, 0.15) is 24.0 Å². The Balaban J connectivity index is 1.83. The summed E-state index contributed by atoms with van der Waals surface area (Å²) in [5, 5.41) is 11.3. The highest BCUT2D eigenvalue weighted by atomic mass is 16.3. The van der Waals surface area contributed by atoms with Gasteiger partial charge in [0.1, 0.15) is 0 Å². The normalized spacial score (nSPS) is 16.7. The van der Waals surface area contributed by atoms with Crippen molar-refractivity contribution in [3.63, 3.8) is 0 Å². The van der Waals surface area contributed by atoms with Crippen molar-refractivity contribution in [2.24, 2.45) is 11.7 Å². The lowest BCUT2D eigenvalue weighted by Crippen LogP contribution is -2.52. The van der Waals surface area contributed by atoms with Gasteiger partial charge >= 0.3 is 0 Å². The van der Waals surface area contributed by atoms with Crippen LogP contribution in [-0.4, -0.2) is 16.7 Å². The van der Waals surface area contributed by atoms with Gasteiger partial charge in [0.05, 0.1) is 5.60 Å². The van der Waals surface area contributed by atoms with Crippen LogP contribution in [0.2, 0.25) is 0 Å². The highest BCUT2D eigenvalue weighted by molar-refractivity contribution is 5.23. The summed E-state index contributed by atoms with van der Waals surface area (Å²) < 4.78 is 0. The lowest BCUT2D eigenvalue weighted by Gasteiger charge is -2.35. The molecule has 0 amide bonds. The van der Waals surface area contributed by atoms with E-state index in [2.05, 4.69) is 24.3 Å². The van der Waals surface area contributed by atoms with Crippen LogP contribution in [0.25, 0.3) is 0 Å². The molecule has 0 aliphatic heterocycles. The standard InChI is InChI=1S/C19H23NO/c20-18(17-11-12-17)19(21,13-15-7-3-1-4-8-15)14-16-9-5-2-6-10-16/h1-10,17-18,21H,11-14,20H2. The van der Waals surface area contributed by atoms with Gasteiger partial charge < -0.3 is 10.8 Å². The van der Waals surface area contributed by atoms with E-state index in [-0.39, 0.29) is 6.04 Å². The van der Waals surface area contributed by atoms with Crippen molar-refractivity contribution in [2.45, 2.75) is 37.3 Å². The van der Waals surface area contributed by atoms with E-state index in [9.17, 15) is 5.11 Å². The maximum Gasteiger partial charge on any atom is 0.0880 e. The highest BCUT2D eigenvalue weighted by Gasteiger charge is 2.43. The summed E-state index contributed by atoms with van der Waals surface area (Å²) >= 11 is 0. The number of aliphatic hydroxyl groups is 1. The first-order chi connectivity index (χ1) is 10.2. The van der Waals surface area contributed by atoms with Gasteiger partial charge in [-0.2, -0.15) is 0 Å². The van der Waals surface area contributed by atoms with Crippen LogP contribution in [0, 0.1) is 5.92 Å². The van der Waals surface area contributed by atoms with Crippen molar-refractivity contribution < 1.29 is 5.11 Å². The fourth-order valence-corrected chi connectivity index (χ4v) is 3.09. The molecule has 1 fully saturated rings. The van der Waals surface area contributed by atoms with Gasteiger partial charge in [-0.3, -0.25) is 0 Å². The molecule has 2 nitrogen and oxygen atoms in total. The summed E-state index contributed by atoms with van der Waals surface area (Å²) in [7, 11) is 0. The number of rotatable bonds is 6. The number of nitrogens with two attached hydrogens (primary N) is 1. The van der Waals surface area contributed by atoms with Crippen LogP contribution in [-0.2, 0) is 12.8 Å². The van der Waals surface area contributed by atoms with E-state index in [0.29, 0.717) is 18.8 Å². The van der Waals surface area contributed by atoms with Crippen molar-refractivity contribution in [3.05, 3.63) is 71.8 Å². The molecule has 1 unspecified atom stereocenters. The third kappa shape index (κ3) is 3.52. The van der Waals surface area contributed by atoms with Crippen LogP contribution in [0.3, 0.4) is 0 Å². The van der Waals surface area contributed by atoms with E-state index in [4.69, 9.17) is 5.73 Å². The molecule has 2 aromatic carbocycles. The van der Waals surface area contributed by atoms with Crippen LogP contribution in [0.5, 0.6) is 0 Å². The van der Waals surface area contributed by atoms with Gasteiger partial charge in [0.2, 0.25) is 0 Å². The summed E-state index contributed by atoms with van der Waals surface area (Å²) in [5.74, 6) is 0.474. The minimum atomic E-state index is -0.871. The van der Waals surface area contributed by atoms with Gasteiger partial charge in [0, 0.05) is 18.9 Å². The molecule has 3 rings (SSSR count). The van der Waals surface area contributed by atoms with Gasteiger partial charge in [0.25, 0.3) is 0 Å². The smallest absolute Gasteiger partial charge is 0.0880 e. The number of benzene rings is 2. The first-order valence-corrected chi connectivity index (χ1v) is 7.73. The molecule has 0 aromatic heterocycles. The average Bonchev–Trinajstić information content (AvgIpc) is 3.33. The molecule has 3 N–H and O–H groups in total. The second-order valence-electron chi connectivity index (χ2n) is 6.29. The van der Waals surface area contributed by atoms with E-state index in [1.165, 1.54) is 0 Å². The SMILES string of the molecule is NC(C1CC1)C(O)(Cc1ccccc1)Cc1ccccc1. The Morgan fingerprint density at radius 1 is 0.905 bits per heavy atom. The van der Waals surface area contributed by atoms with Crippen molar-refractivity contribution >= 4 is 0 Å². The molecular weight excluding hydrogens is 258 g/mol. The molecule has 0 bridgehead atoms. The Morgan fingerprint density at radius 3 is 1.71 bits per heavy atom. The summed E-state index contributed by atoms with van der Waals surface area (Å²) in [6, 6.07) is 20.2. The molecule has 21 heavy (non-hydrogen) atoms. The average molecular weight is 281 g/mol. The summed E-state index contributed by atoms with van der Waals surface area (Å²) in [6.07, 6.45) is 3.51. The second-order valence-corrected chi connectivity index (χ2v) is 6.29. The monoisotopic (exact) mass is 281 g/mol. The predicted octanol–water partition coefficient (Wildman–Crippen LogP) is 2.94. The van der Waals surface area contributed by atoms with E-state index < -0.39 is 5.60 Å². The molecule has 1 aliphatic rings. The van der Waals surface area contributed by atoms with Crippen molar-refractivity contribution in [1.82, 2.24) is 0 Å². The first-order valence-electron chi connectivity index (χ1n) is 7.73. The maximum absolute atomic E-state index is 11.3. The first kappa shape index (κ1) is 14.3. The molecule has 0 spiro atoms.